The number of rotatable bonds is 9. The average molecular weight is 853 g/mol. The number of aryl methyl sites for hydroxylation is 1. The Kier molecular flexibility index (Phi) is 13.5. The number of benzene rings is 2. The van der Waals surface area contributed by atoms with Crippen molar-refractivity contribution in [1.29, 1.82) is 0 Å². The SMILES string of the molecule is CCn1c(-c2cnccc2COC)c2c3cc(ccc31)-c1cc(O)cc(c1)C[C@H](NC(=O)C(C(C)C)N(C)C(=O)OC1CCOC1)C(=O)N1CCC[C@H](N1)C(=O)OCC(C)(C)C2. The van der Waals surface area contributed by atoms with Gasteiger partial charge in [-0.25, -0.2) is 10.2 Å². The van der Waals surface area contributed by atoms with Gasteiger partial charge in [-0.2, -0.15) is 0 Å². The third kappa shape index (κ3) is 9.59. The van der Waals surface area contributed by atoms with Crippen molar-refractivity contribution in [2.24, 2.45) is 11.3 Å². The van der Waals surface area contributed by atoms with Crippen LogP contribution in [-0.2, 0) is 59.3 Å². The number of esters is 1. The maximum atomic E-state index is 14.6. The number of hydrazine groups is 1. The number of pyridine rings is 1. The molecule has 0 radical (unpaired) electrons. The number of methoxy groups -OCH3 is 1. The van der Waals surface area contributed by atoms with Gasteiger partial charge in [-0.3, -0.25) is 29.3 Å². The number of amides is 3. The van der Waals surface area contributed by atoms with Gasteiger partial charge in [-0.1, -0.05) is 39.8 Å². The van der Waals surface area contributed by atoms with Crippen molar-refractivity contribution in [2.75, 3.05) is 40.5 Å². The summed E-state index contributed by atoms with van der Waals surface area (Å²) in [5, 5.41) is 16.6. The smallest absolute Gasteiger partial charge is 0.410 e. The summed E-state index contributed by atoms with van der Waals surface area (Å²) in [7, 11) is 3.18. The van der Waals surface area contributed by atoms with Crippen LogP contribution in [0, 0.1) is 11.3 Å². The zero-order valence-electron chi connectivity index (χ0n) is 36.9. The first-order chi connectivity index (χ1) is 29.7. The molecule has 7 rings (SSSR count). The summed E-state index contributed by atoms with van der Waals surface area (Å²) in [5.41, 5.74) is 9.77. The number of likely N-dealkylation sites (N-methyl/N-ethyl adjacent to an activating group) is 1. The highest BCUT2D eigenvalue weighted by Gasteiger charge is 2.38. The van der Waals surface area contributed by atoms with Crippen LogP contribution in [0.25, 0.3) is 33.3 Å². The quantitative estimate of drug-likeness (QED) is 0.175. The summed E-state index contributed by atoms with van der Waals surface area (Å²) in [6, 6.07) is 10.5. The number of phenols is 1. The number of aromatic hydroxyl groups is 1. The Morgan fingerprint density at radius 3 is 2.65 bits per heavy atom. The number of hydrogen-bond acceptors (Lipinski definition) is 11. The number of ether oxygens (including phenoxy) is 4. The first-order valence-electron chi connectivity index (χ1n) is 21.6. The molecule has 15 nitrogen and oxygen atoms in total. The Hall–Kier alpha value is -5.51. The van der Waals surface area contributed by atoms with E-state index in [2.05, 4.69) is 53.2 Å². The number of cyclic esters (lactones) is 1. The van der Waals surface area contributed by atoms with Crippen LogP contribution in [0.3, 0.4) is 0 Å². The molecule has 2 fully saturated rings. The number of carbonyl (C=O) groups excluding carboxylic acids is 4. The molecule has 62 heavy (non-hydrogen) atoms. The molecule has 3 N–H and O–H groups in total. The molecule has 3 aliphatic rings. The third-order valence-electron chi connectivity index (χ3n) is 12.1. The molecule has 4 atom stereocenters. The summed E-state index contributed by atoms with van der Waals surface area (Å²) in [4.78, 5) is 61.8. The highest BCUT2D eigenvalue weighted by Crippen LogP contribution is 2.41. The van der Waals surface area contributed by atoms with E-state index in [1.165, 1.54) is 17.0 Å². The van der Waals surface area contributed by atoms with Crippen molar-refractivity contribution in [2.45, 2.75) is 104 Å². The van der Waals surface area contributed by atoms with Gasteiger partial charge in [0.15, 0.2) is 0 Å². The molecule has 3 amide bonds. The molecule has 332 valence electrons. The van der Waals surface area contributed by atoms with Gasteiger partial charge in [0.25, 0.3) is 5.91 Å². The molecule has 5 heterocycles. The number of hydrogen-bond donors (Lipinski definition) is 3. The summed E-state index contributed by atoms with van der Waals surface area (Å²) in [6.45, 7) is 12.1. The van der Waals surface area contributed by atoms with Crippen molar-refractivity contribution in [3.05, 3.63) is 71.5 Å². The van der Waals surface area contributed by atoms with E-state index >= 15 is 0 Å². The number of aromatic nitrogens is 2. The number of phenolic OH excluding ortho intramolecular Hbond substituents is 1. The fourth-order valence-electron chi connectivity index (χ4n) is 9.06. The van der Waals surface area contributed by atoms with Crippen molar-refractivity contribution < 1.29 is 43.2 Å². The molecular formula is C47H60N6O9. The van der Waals surface area contributed by atoms with Crippen LogP contribution in [0.2, 0.25) is 0 Å². The van der Waals surface area contributed by atoms with E-state index in [9.17, 15) is 24.3 Å². The summed E-state index contributed by atoms with van der Waals surface area (Å²) < 4.78 is 25.0. The van der Waals surface area contributed by atoms with Gasteiger partial charge < -0.3 is 33.9 Å². The Morgan fingerprint density at radius 2 is 1.92 bits per heavy atom. The van der Waals surface area contributed by atoms with Gasteiger partial charge in [0.2, 0.25) is 5.91 Å². The first-order valence-corrected chi connectivity index (χ1v) is 21.6. The number of nitrogens with zero attached hydrogens (tertiary/aromatic N) is 4. The molecule has 4 aromatic rings. The topological polar surface area (TPSA) is 174 Å². The van der Waals surface area contributed by atoms with Crippen molar-refractivity contribution in [1.82, 2.24) is 30.2 Å². The van der Waals surface area contributed by atoms with Crippen molar-refractivity contribution >= 4 is 34.8 Å². The predicted octanol–water partition coefficient (Wildman–Crippen LogP) is 5.77. The minimum atomic E-state index is -1.15. The number of fused-ring (bicyclic) bond motifs is 6. The van der Waals surface area contributed by atoms with E-state index in [1.807, 2.05) is 38.2 Å². The standard InChI is InChI=1S/C47H60N6O9/c1-8-52-40-12-11-30-22-35(40)36(42(52)37-24-48-15-13-31(37)25-59-7)23-47(4,5)27-61-45(57)38-10-9-16-53(50-38)44(56)39(20-29-18-32(30)21-33(54)19-29)49-43(55)41(28(2)3)51(6)46(58)62-34-14-17-60-26-34/h11-13,15,18-19,21-22,24,28,34,38-39,41,50,54H,8-10,14,16-17,20,23,25-27H2,1-7H3,(H,49,55)/t34?,38-,39-,41?/m0/s1. The van der Waals surface area contributed by atoms with Gasteiger partial charge in [-0.15, -0.1) is 0 Å². The van der Waals surface area contributed by atoms with Crippen LogP contribution in [0.4, 0.5) is 4.79 Å². The summed E-state index contributed by atoms with van der Waals surface area (Å²) in [5.74, 6) is -1.85. The lowest BCUT2D eigenvalue weighted by Gasteiger charge is -2.36. The Balaban J connectivity index is 1.32. The number of nitrogens with one attached hydrogen (secondary N) is 2. The Labute approximate surface area is 363 Å². The normalized spacial score (nSPS) is 21.0. The lowest BCUT2D eigenvalue weighted by atomic mass is 9.84. The van der Waals surface area contributed by atoms with E-state index in [0.717, 1.165) is 44.4 Å². The second kappa shape index (κ2) is 18.9. The second-order valence-electron chi connectivity index (χ2n) is 17.9. The van der Waals surface area contributed by atoms with Gasteiger partial charge in [0.05, 0.1) is 32.1 Å². The highest BCUT2D eigenvalue weighted by atomic mass is 16.6. The molecule has 3 aliphatic heterocycles. The largest absolute Gasteiger partial charge is 0.508 e. The number of carbonyl (C=O) groups is 4. The maximum Gasteiger partial charge on any atom is 0.410 e. The summed E-state index contributed by atoms with van der Waals surface area (Å²) >= 11 is 0. The predicted molar refractivity (Wildman–Crippen MR) is 233 cm³/mol. The molecule has 0 spiro atoms. The van der Waals surface area contributed by atoms with E-state index in [0.29, 0.717) is 57.6 Å². The van der Waals surface area contributed by atoms with Gasteiger partial charge >= 0.3 is 12.1 Å². The average Bonchev–Trinajstić information content (AvgIpc) is 3.87. The molecule has 2 aromatic heterocycles. The zero-order chi connectivity index (χ0) is 44.3. The van der Waals surface area contributed by atoms with Crippen LogP contribution in [0.5, 0.6) is 5.75 Å². The van der Waals surface area contributed by atoms with Crippen LogP contribution in [0.1, 0.15) is 70.6 Å². The lowest BCUT2D eigenvalue weighted by Crippen LogP contribution is -2.62. The molecule has 0 saturated carbocycles. The lowest BCUT2D eigenvalue weighted by molar-refractivity contribution is -0.155. The van der Waals surface area contributed by atoms with Crippen LogP contribution >= 0.6 is 0 Å². The van der Waals surface area contributed by atoms with Crippen LogP contribution in [-0.4, -0.2) is 113 Å². The minimum absolute atomic E-state index is 0.00101. The molecule has 0 aliphatic carbocycles. The van der Waals surface area contributed by atoms with Crippen LogP contribution < -0.4 is 10.7 Å². The molecule has 2 aromatic carbocycles. The van der Waals surface area contributed by atoms with E-state index in [1.54, 1.807) is 25.4 Å². The van der Waals surface area contributed by atoms with Gasteiger partial charge in [-0.05, 0) is 90.3 Å². The monoisotopic (exact) mass is 852 g/mol. The van der Waals surface area contributed by atoms with Crippen molar-refractivity contribution in [3.63, 3.8) is 0 Å². The summed E-state index contributed by atoms with van der Waals surface area (Å²) in [6.07, 6.45) is 4.66. The molecule has 2 saturated heterocycles. The third-order valence-corrected chi connectivity index (χ3v) is 12.1. The Morgan fingerprint density at radius 1 is 1.11 bits per heavy atom. The van der Waals surface area contributed by atoms with E-state index in [4.69, 9.17) is 18.9 Å². The fourth-order valence-corrected chi connectivity index (χ4v) is 9.06. The molecule has 2 unspecified atom stereocenters. The molecule has 15 heteroatoms. The zero-order valence-corrected chi connectivity index (χ0v) is 36.9. The highest BCUT2D eigenvalue weighted by molar-refractivity contribution is 5.96. The minimum Gasteiger partial charge on any atom is -0.508 e. The fraction of sp³-hybridized carbons (Fsp3) is 0.511. The van der Waals surface area contributed by atoms with Gasteiger partial charge in [0.1, 0.15) is 30.0 Å². The Bertz CT molecular complexity index is 2300. The molecular weight excluding hydrogens is 793 g/mol. The second-order valence-corrected chi connectivity index (χ2v) is 17.9. The molecule has 6 bridgehead atoms. The van der Waals surface area contributed by atoms with E-state index < -0.39 is 53.5 Å². The van der Waals surface area contributed by atoms with Crippen molar-refractivity contribution in [3.8, 4) is 28.1 Å². The van der Waals surface area contributed by atoms with E-state index in [-0.39, 0.29) is 31.2 Å². The first kappa shape index (κ1) is 44.5. The maximum absolute atomic E-state index is 14.6. The van der Waals surface area contributed by atoms with Crippen LogP contribution in [0.15, 0.2) is 54.9 Å². The van der Waals surface area contributed by atoms with Gasteiger partial charge in [0, 0.05) is 74.4 Å².